The lowest BCUT2D eigenvalue weighted by atomic mass is 10.3. The number of primary amides is 1. The van der Waals surface area contributed by atoms with Crippen LogP contribution in [0.25, 0.3) is 0 Å². The van der Waals surface area contributed by atoms with Crippen LogP contribution in [0, 0.1) is 5.82 Å². The van der Waals surface area contributed by atoms with Crippen LogP contribution in [-0.4, -0.2) is 18.2 Å². The average molecular weight is 266 g/mol. The first-order valence-electron chi connectivity index (χ1n) is 4.36. The molecule has 0 aromatic heterocycles. The van der Waals surface area contributed by atoms with Crippen molar-refractivity contribution in [1.82, 2.24) is 0 Å². The van der Waals surface area contributed by atoms with E-state index in [9.17, 15) is 27.2 Å². The number of anilines is 1. The number of benzene rings is 1. The monoisotopic (exact) mass is 266 g/mol. The maximum atomic E-state index is 12.8. The maximum Gasteiger partial charge on any atom is 0.493 e. The second-order valence-corrected chi connectivity index (χ2v) is 2.99. The summed E-state index contributed by atoms with van der Waals surface area (Å²) >= 11 is 0. The van der Waals surface area contributed by atoms with E-state index >= 15 is 0 Å². The molecule has 0 atom stereocenters. The minimum Gasteiger partial charge on any atom is -0.349 e. The number of alkyl halides is 3. The van der Waals surface area contributed by atoms with E-state index in [-0.39, 0.29) is 5.06 Å². The van der Waals surface area contributed by atoms with Crippen LogP contribution >= 0.6 is 0 Å². The van der Waals surface area contributed by atoms with Gasteiger partial charge in [-0.05, 0) is 12.1 Å². The summed E-state index contributed by atoms with van der Waals surface area (Å²) in [5.41, 5.74) is 4.29. The van der Waals surface area contributed by atoms with Gasteiger partial charge in [0.05, 0.1) is 5.69 Å². The highest BCUT2D eigenvalue weighted by atomic mass is 19.4. The lowest BCUT2D eigenvalue weighted by Gasteiger charge is -2.19. The molecule has 9 heteroatoms. The van der Waals surface area contributed by atoms with Crippen molar-refractivity contribution in [3.8, 4) is 0 Å². The van der Waals surface area contributed by atoms with Crippen LogP contribution in [0.3, 0.4) is 0 Å². The Balaban J connectivity index is 2.98. The Morgan fingerprint density at radius 2 is 1.89 bits per heavy atom. The quantitative estimate of drug-likeness (QED) is 0.621. The Bertz CT molecular complexity index is 475. The van der Waals surface area contributed by atoms with Crippen LogP contribution in [0.15, 0.2) is 24.3 Å². The molecule has 1 aromatic carbocycles. The minimum atomic E-state index is -5.30. The van der Waals surface area contributed by atoms with Gasteiger partial charge in [0.1, 0.15) is 5.82 Å². The van der Waals surface area contributed by atoms with E-state index in [1.165, 1.54) is 0 Å². The standard InChI is InChI=1S/C9H6F4N2O3/c10-5-2-1-3-6(4-5)15(8(14)17)18-7(16)9(11,12)13/h1-4H,(H2,14,17). The molecule has 0 fully saturated rings. The van der Waals surface area contributed by atoms with Gasteiger partial charge in [-0.1, -0.05) is 6.07 Å². The molecule has 0 unspecified atom stereocenters. The topological polar surface area (TPSA) is 72.6 Å². The van der Waals surface area contributed by atoms with E-state index in [1.54, 1.807) is 0 Å². The van der Waals surface area contributed by atoms with Gasteiger partial charge in [-0.15, -0.1) is 5.06 Å². The first-order chi connectivity index (χ1) is 8.21. The number of hydroxylamine groups is 1. The van der Waals surface area contributed by atoms with Crippen molar-refractivity contribution in [3.05, 3.63) is 30.1 Å². The summed E-state index contributed by atoms with van der Waals surface area (Å²) < 4.78 is 48.6. The predicted molar refractivity (Wildman–Crippen MR) is 50.6 cm³/mol. The van der Waals surface area contributed by atoms with Crippen LogP contribution in [0.1, 0.15) is 0 Å². The van der Waals surface area contributed by atoms with Gasteiger partial charge in [0.15, 0.2) is 0 Å². The SMILES string of the molecule is NC(=O)N(OC(=O)C(F)(F)F)c1cccc(F)c1. The molecule has 0 aliphatic rings. The van der Waals surface area contributed by atoms with Crippen LogP contribution in [0.5, 0.6) is 0 Å². The first-order valence-corrected chi connectivity index (χ1v) is 4.36. The molecule has 98 valence electrons. The number of halogens is 4. The van der Waals surface area contributed by atoms with E-state index in [2.05, 4.69) is 4.84 Å². The highest BCUT2D eigenvalue weighted by Crippen LogP contribution is 2.21. The van der Waals surface area contributed by atoms with E-state index in [0.717, 1.165) is 18.2 Å². The largest absolute Gasteiger partial charge is 0.493 e. The fraction of sp³-hybridized carbons (Fsp3) is 0.111. The third kappa shape index (κ3) is 3.34. The Morgan fingerprint density at radius 1 is 1.28 bits per heavy atom. The Kier molecular flexibility index (Phi) is 3.74. The second-order valence-electron chi connectivity index (χ2n) is 2.99. The summed E-state index contributed by atoms with van der Waals surface area (Å²) in [5, 5.41) is -0.154. The van der Waals surface area contributed by atoms with Crippen molar-refractivity contribution < 1.29 is 32.0 Å². The third-order valence-corrected chi connectivity index (χ3v) is 1.65. The second kappa shape index (κ2) is 4.90. The summed E-state index contributed by atoms with van der Waals surface area (Å²) in [6.07, 6.45) is -5.30. The van der Waals surface area contributed by atoms with Crippen LogP contribution < -0.4 is 10.8 Å². The zero-order valence-corrected chi connectivity index (χ0v) is 8.57. The van der Waals surface area contributed by atoms with Crippen molar-refractivity contribution in [1.29, 1.82) is 0 Å². The molecular formula is C9H6F4N2O3. The highest BCUT2D eigenvalue weighted by molar-refractivity contribution is 5.91. The number of carbonyl (C=O) groups excluding carboxylic acids is 2. The molecule has 0 saturated carbocycles. The van der Waals surface area contributed by atoms with Crippen LogP contribution in [-0.2, 0) is 9.63 Å². The summed E-state index contributed by atoms with van der Waals surface area (Å²) in [6, 6.07) is 2.29. The molecule has 1 rings (SSSR count). The molecule has 0 heterocycles. The van der Waals surface area contributed by atoms with Gasteiger partial charge in [-0.3, -0.25) is 0 Å². The molecule has 0 aliphatic heterocycles. The van der Waals surface area contributed by atoms with Crippen molar-refractivity contribution >= 4 is 17.7 Å². The number of nitrogens with zero attached hydrogens (tertiary/aromatic N) is 1. The summed E-state index contributed by atoms with van der Waals surface area (Å²) in [7, 11) is 0. The lowest BCUT2D eigenvalue weighted by Crippen LogP contribution is -2.41. The maximum absolute atomic E-state index is 12.8. The predicted octanol–water partition coefficient (Wildman–Crippen LogP) is 1.73. The molecule has 0 aliphatic carbocycles. The van der Waals surface area contributed by atoms with Crippen molar-refractivity contribution in [2.45, 2.75) is 6.18 Å². The normalized spacial score (nSPS) is 10.9. The first kappa shape index (κ1) is 13.7. The van der Waals surface area contributed by atoms with Crippen molar-refractivity contribution in [3.63, 3.8) is 0 Å². The molecule has 18 heavy (non-hydrogen) atoms. The molecule has 0 radical (unpaired) electrons. The number of carbonyl (C=O) groups is 2. The molecule has 2 amide bonds. The fourth-order valence-electron chi connectivity index (χ4n) is 0.962. The van der Waals surface area contributed by atoms with Gasteiger partial charge in [0.25, 0.3) is 0 Å². The van der Waals surface area contributed by atoms with E-state index in [4.69, 9.17) is 5.73 Å². The number of hydrogen-bond acceptors (Lipinski definition) is 3. The number of hydrogen-bond donors (Lipinski definition) is 1. The molecule has 0 bridgehead atoms. The highest BCUT2D eigenvalue weighted by Gasteiger charge is 2.43. The average Bonchev–Trinajstić information content (AvgIpc) is 2.23. The number of amides is 2. The Hall–Kier alpha value is -2.32. The minimum absolute atomic E-state index is 0.154. The van der Waals surface area contributed by atoms with Gasteiger partial charge >= 0.3 is 18.2 Å². The van der Waals surface area contributed by atoms with E-state index in [0.29, 0.717) is 6.07 Å². The van der Waals surface area contributed by atoms with Gasteiger partial charge in [0, 0.05) is 6.07 Å². The molecular weight excluding hydrogens is 260 g/mol. The summed E-state index contributed by atoms with van der Waals surface area (Å²) in [4.78, 5) is 25.1. The van der Waals surface area contributed by atoms with Crippen molar-refractivity contribution in [2.75, 3.05) is 5.06 Å². The number of nitrogens with two attached hydrogens (primary N) is 1. The molecule has 1 aromatic rings. The zero-order chi connectivity index (χ0) is 13.9. The van der Waals surface area contributed by atoms with Crippen LogP contribution in [0.4, 0.5) is 28.0 Å². The summed E-state index contributed by atoms with van der Waals surface area (Å²) in [5.74, 6) is -3.49. The molecule has 0 saturated heterocycles. The van der Waals surface area contributed by atoms with Gasteiger partial charge in [-0.25, -0.2) is 14.0 Å². The molecule has 0 spiro atoms. The smallest absolute Gasteiger partial charge is 0.349 e. The number of rotatable bonds is 1. The number of urea groups is 1. The van der Waals surface area contributed by atoms with Gasteiger partial charge < -0.3 is 10.6 Å². The zero-order valence-electron chi connectivity index (χ0n) is 8.57. The van der Waals surface area contributed by atoms with Crippen molar-refractivity contribution in [2.24, 2.45) is 5.73 Å². The van der Waals surface area contributed by atoms with Gasteiger partial charge in [0.2, 0.25) is 0 Å². The fourth-order valence-corrected chi connectivity index (χ4v) is 0.962. The molecule has 5 nitrogen and oxygen atoms in total. The van der Waals surface area contributed by atoms with Gasteiger partial charge in [-0.2, -0.15) is 13.2 Å². The van der Waals surface area contributed by atoms with Crippen LogP contribution in [0.2, 0.25) is 0 Å². The lowest BCUT2D eigenvalue weighted by molar-refractivity contribution is -0.199. The Morgan fingerprint density at radius 3 is 2.33 bits per heavy atom. The third-order valence-electron chi connectivity index (χ3n) is 1.65. The van der Waals surface area contributed by atoms with E-state index in [1.807, 2.05) is 0 Å². The van der Waals surface area contributed by atoms with E-state index < -0.39 is 29.7 Å². The molecule has 2 N–H and O–H groups in total. The Labute approximate surface area is 97.7 Å². The summed E-state index contributed by atoms with van der Waals surface area (Å²) in [6.45, 7) is 0.